The van der Waals surface area contributed by atoms with E-state index < -0.39 is 0 Å². The monoisotopic (exact) mass is 222 g/mol. The van der Waals surface area contributed by atoms with Crippen molar-refractivity contribution in [3.63, 3.8) is 0 Å². The molecule has 5 heteroatoms. The molecule has 0 radical (unpaired) electrons. The lowest BCUT2D eigenvalue weighted by atomic mass is 10.3. The number of hydrogen-bond acceptors (Lipinski definition) is 3. The Bertz CT molecular complexity index is 332. The molecule has 1 heterocycles. The van der Waals surface area contributed by atoms with Crippen LogP contribution in [0.5, 0.6) is 0 Å². The Hall–Kier alpha value is -1.36. The number of aromatic nitrogens is 2. The maximum Gasteiger partial charge on any atom is 0.237 e. The van der Waals surface area contributed by atoms with Gasteiger partial charge in [0.05, 0.1) is 12.6 Å². The average molecular weight is 222 g/mol. The minimum atomic E-state index is -0.129. The lowest BCUT2D eigenvalue weighted by molar-refractivity contribution is -0.122. The third-order valence-corrected chi connectivity index (χ3v) is 2.67. The van der Waals surface area contributed by atoms with Gasteiger partial charge in [-0.05, 0) is 25.8 Å². The first kappa shape index (κ1) is 11.1. The predicted molar refractivity (Wildman–Crippen MR) is 60.9 cm³/mol. The highest BCUT2D eigenvalue weighted by atomic mass is 16.2. The SMILES string of the molecule is CC(NCCn1cccn1)C(=O)NC1CC1. The fraction of sp³-hybridized carbons (Fsp3) is 0.636. The van der Waals surface area contributed by atoms with Crippen LogP contribution >= 0.6 is 0 Å². The smallest absolute Gasteiger partial charge is 0.237 e. The third kappa shape index (κ3) is 3.34. The van der Waals surface area contributed by atoms with E-state index in [0.717, 1.165) is 25.9 Å². The second kappa shape index (κ2) is 5.12. The Balaban J connectivity index is 1.62. The second-order valence-corrected chi connectivity index (χ2v) is 4.23. The Morgan fingerprint density at radius 1 is 1.62 bits per heavy atom. The summed E-state index contributed by atoms with van der Waals surface area (Å²) in [4.78, 5) is 11.6. The molecule has 0 spiro atoms. The average Bonchev–Trinajstić information content (AvgIpc) is 2.93. The van der Waals surface area contributed by atoms with Gasteiger partial charge in [0.15, 0.2) is 0 Å². The zero-order chi connectivity index (χ0) is 11.4. The zero-order valence-corrected chi connectivity index (χ0v) is 9.52. The van der Waals surface area contributed by atoms with Gasteiger partial charge >= 0.3 is 0 Å². The van der Waals surface area contributed by atoms with E-state index in [4.69, 9.17) is 0 Å². The van der Waals surface area contributed by atoms with Gasteiger partial charge in [0, 0.05) is 25.0 Å². The molecule has 0 saturated heterocycles. The van der Waals surface area contributed by atoms with Crippen molar-refractivity contribution in [1.82, 2.24) is 20.4 Å². The number of nitrogens with zero attached hydrogens (tertiary/aromatic N) is 2. The first-order valence-electron chi connectivity index (χ1n) is 5.77. The van der Waals surface area contributed by atoms with Crippen LogP contribution in [-0.4, -0.2) is 34.3 Å². The standard InChI is InChI=1S/C11H18N4O/c1-9(11(16)14-10-3-4-10)12-6-8-15-7-2-5-13-15/h2,5,7,9-10,12H,3-4,6,8H2,1H3,(H,14,16). The molecule has 0 aliphatic heterocycles. The van der Waals surface area contributed by atoms with Crippen molar-refractivity contribution in [2.75, 3.05) is 6.54 Å². The number of hydrogen-bond donors (Lipinski definition) is 2. The van der Waals surface area contributed by atoms with Gasteiger partial charge in [0.1, 0.15) is 0 Å². The Morgan fingerprint density at radius 3 is 3.06 bits per heavy atom. The summed E-state index contributed by atoms with van der Waals surface area (Å²) in [5.41, 5.74) is 0. The van der Waals surface area contributed by atoms with E-state index in [0.29, 0.717) is 6.04 Å². The van der Waals surface area contributed by atoms with Crippen molar-refractivity contribution in [2.24, 2.45) is 0 Å². The van der Waals surface area contributed by atoms with Crippen LogP contribution in [0, 0.1) is 0 Å². The quantitative estimate of drug-likeness (QED) is 0.720. The molecule has 1 fully saturated rings. The first-order chi connectivity index (χ1) is 7.75. The van der Waals surface area contributed by atoms with Crippen LogP contribution < -0.4 is 10.6 Å². The first-order valence-corrected chi connectivity index (χ1v) is 5.77. The molecule has 88 valence electrons. The van der Waals surface area contributed by atoms with Gasteiger partial charge in [-0.3, -0.25) is 9.48 Å². The lowest BCUT2D eigenvalue weighted by Crippen LogP contribution is -2.43. The van der Waals surface area contributed by atoms with Crippen LogP contribution in [0.3, 0.4) is 0 Å². The lowest BCUT2D eigenvalue weighted by Gasteiger charge is -2.13. The van der Waals surface area contributed by atoms with Crippen LogP contribution in [0.4, 0.5) is 0 Å². The van der Waals surface area contributed by atoms with Crippen LogP contribution in [-0.2, 0) is 11.3 Å². The molecule has 0 aromatic carbocycles. The van der Waals surface area contributed by atoms with Gasteiger partial charge in [0.25, 0.3) is 0 Å². The van der Waals surface area contributed by atoms with Gasteiger partial charge in [-0.2, -0.15) is 5.10 Å². The van der Waals surface area contributed by atoms with Gasteiger partial charge < -0.3 is 10.6 Å². The summed E-state index contributed by atoms with van der Waals surface area (Å²) in [7, 11) is 0. The number of amides is 1. The molecule has 1 saturated carbocycles. The minimum absolute atomic E-state index is 0.1000. The normalized spacial score (nSPS) is 17.1. The molecule has 2 N–H and O–H groups in total. The van der Waals surface area contributed by atoms with E-state index in [1.54, 1.807) is 6.20 Å². The van der Waals surface area contributed by atoms with Crippen molar-refractivity contribution in [3.8, 4) is 0 Å². The molecule has 1 amide bonds. The summed E-state index contributed by atoms with van der Waals surface area (Å²) in [5.74, 6) is 0.1000. The van der Waals surface area contributed by atoms with E-state index in [1.165, 1.54) is 0 Å². The maximum absolute atomic E-state index is 11.6. The van der Waals surface area contributed by atoms with E-state index in [9.17, 15) is 4.79 Å². The molecule has 1 aliphatic carbocycles. The Kier molecular flexibility index (Phi) is 3.56. The molecule has 1 aromatic rings. The molecule has 1 aromatic heterocycles. The summed E-state index contributed by atoms with van der Waals surface area (Å²) in [6, 6.07) is 2.20. The molecular formula is C11H18N4O. The molecule has 0 bridgehead atoms. The second-order valence-electron chi connectivity index (χ2n) is 4.23. The van der Waals surface area contributed by atoms with Gasteiger partial charge in [-0.25, -0.2) is 0 Å². The summed E-state index contributed by atoms with van der Waals surface area (Å²) in [5, 5.41) is 10.2. The Morgan fingerprint density at radius 2 is 2.44 bits per heavy atom. The molecule has 5 nitrogen and oxygen atoms in total. The highest BCUT2D eigenvalue weighted by molar-refractivity contribution is 5.81. The molecule has 2 rings (SSSR count). The van der Waals surface area contributed by atoms with Crippen molar-refractivity contribution in [1.29, 1.82) is 0 Å². The highest BCUT2D eigenvalue weighted by Crippen LogP contribution is 2.18. The summed E-state index contributed by atoms with van der Waals surface area (Å²) in [6.45, 7) is 3.43. The molecule has 1 aliphatic rings. The number of carbonyl (C=O) groups is 1. The summed E-state index contributed by atoms with van der Waals surface area (Å²) >= 11 is 0. The summed E-state index contributed by atoms with van der Waals surface area (Å²) in [6.07, 6.45) is 5.93. The molecule has 1 atom stereocenters. The zero-order valence-electron chi connectivity index (χ0n) is 9.52. The highest BCUT2D eigenvalue weighted by Gasteiger charge is 2.25. The van der Waals surface area contributed by atoms with Crippen LogP contribution in [0.1, 0.15) is 19.8 Å². The Labute approximate surface area is 95.2 Å². The van der Waals surface area contributed by atoms with E-state index >= 15 is 0 Å². The van der Waals surface area contributed by atoms with Gasteiger partial charge in [-0.1, -0.05) is 0 Å². The van der Waals surface area contributed by atoms with Crippen LogP contribution in [0.15, 0.2) is 18.5 Å². The van der Waals surface area contributed by atoms with Crippen molar-refractivity contribution in [3.05, 3.63) is 18.5 Å². The fourth-order valence-electron chi connectivity index (χ4n) is 1.47. The van der Waals surface area contributed by atoms with Gasteiger partial charge in [0.2, 0.25) is 5.91 Å². The molecule has 16 heavy (non-hydrogen) atoms. The number of carbonyl (C=O) groups excluding carboxylic acids is 1. The predicted octanol–water partition coefficient (Wildman–Crippen LogP) is 0.140. The van der Waals surface area contributed by atoms with E-state index in [-0.39, 0.29) is 11.9 Å². The van der Waals surface area contributed by atoms with Gasteiger partial charge in [-0.15, -0.1) is 0 Å². The summed E-state index contributed by atoms with van der Waals surface area (Å²) < 4.78 is 1.85. The van der Waals surface area contributed by atoms with E-state index in [2.05, 4.69) is 15.7 Å². The minimum Gasteiger partial charge on any atom is -0.352 e. The van der Waals surface area contributed by atoms with Crippen molar-refractivity contribution >= 4 is 5.91 Å². The third-order valence-electron chi connectivity index (χ3n) is 2.67. The van der Waals surface area contributed by atoms with E-state index in [1.807, 2.05) is 23.9 Å². The van der Waals surface area contributed by atoms with Crippen LogP contribution in [0.2, 0.25) is 0 Å². The van der Waals surface area contributed by atoms with Crippen molar-refractivity contribution in [2.45, 2.75) is 38.4 Å². The fourth-order valence-corrected chi connectivity index (χ4v) is 1.47. The largest absolute Gasteiger partial charge is 0.352 e. The topological polar surface area (TPSA) is 59.0 Å². The number of rotatable bonds is 6. The molecule has 1 unspecified atom stereocenters. The number of nitrogens with one attached hydrogen (secondary N) is 2. The van der Waals surface area contributed by atoms with Crippen LogP contribution in [0.25, 0.3) is 0 Å². The van der Waals surface area contributed by atoms with Crippen molar-refractivity contribution < 1.29 is 4.79 Å². The molecular weight excluding hydrogens is 204 g/mol. The maximum atomic E-state index is 11.6.